The van der Waals surface area contributed by atoms with E-state index in [9.17, 15) is 5.11 Å². The molecule has 0 spiro atoms. The maximum absolute atomic E-state index is 10.3. The molecule has 108 valence electrons. The number of benzene rings is 2. The zero-order valence-corrected chi connectivity index (χ0v) is 11.8. The molecule has 0 fully saturated rings. The van der Waals surface area contributed by atoms with E-state index in [0.717, 1.165) is 16.5 Å². The molecule has 0 bridgehead atoms. The van der Waals surface area contributed by atoms with E-state index < -0.39 is 6.10 Å². The Bertz CT molecular complexity index is 675. The molecule has 2 atom stereocenters. The molecule has 1 heterocycles. The molecule has 2 aromatic carbocycles. The summed E-state index contributed by atoms with van der Waals surface area (Å²) in [6.07, 6.45) is 1.97. The third kappa shape index (κ3) is 3.29. The number of fused-ring (bicyclic) bond motifs is 1. The Morgan fingerprint density at radius 2 is 1.76 bits per heavy atom. The molecule has 3 N–H and O–H groups in total. The second kappa shape index (κ2) is 6.08. The first-order valence-electron chi connectivity index (χ1n) is 7.12. The van der Waals surface area contributed by atoms with Crippen LogP contribution in [0.1, 0.15) is 5.56 Å². The molecule has 3 rings (SSSR count). The molecule has 0 saturated heterocycles. The van der Waals surface area contributed by atoms with Crippen LogP contribution in [0.4, 0.5) is 0 Å². The van der Waals surface area contributed by atoms with Crippen molar-refractivity contribution in [2.24, 2.45) is 5.73 Å². The van der Waals surface area contributed by atoms with Gasteiger partial charge in [-0.1, -0.05) is 48.5 Å². The molecular weight excluding hydrogens is 262 g/mol. The minimum absolute atomic E-state index is 0.306. The van der Waals surface area contributed by atoms with Crippen molar-refractivity contribution in [3.63, 3.8) is 0 Å². The van der Waals surface area contributed by atoms with Gasteiger partial charge in [-0.15, -0.1) is 0 Å². The SMILES string of the molecule is NC(Cc1ccccc1)C(O)Cn1cc2ccccc2n1. The first-order chi connectivity index (χ1) is 10.2. The van der Waals surface area contributed by atoms with Crippen molar-refractivity contribution in [1.29, 1.82) is 0 Å². The van der Waals surface area contributed by atoms with Crippen molar-refractivity contribution >= 4 is 10.9 Å². The van der Waals surface area contributed by atoms with Crippen molar-refractivity contribution < 1.29 is 5.11 Å². The van der Waals surface area contributed by atoms with Gasteiger partial charge in [0.25, 0.3) is 0 Å². The number of aromatic nitrogens is 2. The van der Waals surface area contributed by atoms with E-state index in [1.807, 2.05) is 60.8 Å². The van der Waals surface area contributed by atoms with Gasteiger partial charge in [0, 0.05) is 17.6 Å². The lowest BCUT2D eigenvalue weighted by Crippen LogP contribution is -2.39. The van der Waals surface area contributed by atoms with Crippen molar-refractivity contribution in [2.45, 2.75) is 25.1 Å². The lowest BCUT2D eigenvalue weighted by atomic mass is 10.0. The molecule has 4 heteroatoms. The molecule has 21 heavy (non-hydrogen) atoms. The highest BCUT2D eigenvalue weighted by Crippen LogP contribution is 2.12. The molecule has 2 unspecified atom stereocenters. The highest BCUT2D eigenvalue weighted by molar-refractivity contribution is 5.77. The molecule has 3 aromatic rings. The predicted octanol–water partition coefficient (Wildman–Crippen LogP) is 1.97. The number of nitrogens with two attached hydrogens (primary N) is 1. The quantitative estimate of drug-likeness (QED) is 0.751. The fourth-order valence-corrected chi connectivity index (χ4v) is 2.46. The number of aliphatic hydroxyl groups is 1. The fourth-order valence-electron chi connectivity index (χ4n) is 2.46. The smallest absolute Gasteiger partial charge is 0.0923 e. The minimum Gasteiger partial charge on any atom is -0.390 e. The topological polar surface area (TPSA) is 64.1 Å². The molecule has 0 saturated carbocycles. The third-order valence-corrected chi connectivity index (χ3v) is 3.64. The molecule has 4 nitrogen and oxygen atoms in total. The van der Waals surface area contributed by atoms with Crippen LogP contribution in [0.2, 0.25) is 0 Å². The molecule has 0 aliphatic carbocycles. The number of hydrogen-bond acceptors (Lipinski definition) is 3. The largest absolute Gasteiger partial charge is 0.390 e. The van der Waals surface area contributed by atoms with Gasteiger partial charge in [0.1, 0.15) is 0 Å². The summed E-state index contributed by atoms with van der Waals surface area (Å²) in [5.74, 6) is 0. The van der Waals surface area contributed by atoms with E-state index in [4.69, 9.17) is 5.73 Å². The standard InChI is InChI=1S/C17H19N3O/c18-15(10-13-6-2-1-3-7-13)17(21)12-20-11-14-8-4-5-9-16(14)19-20/h1-9,11,15,17,21H,10,12,18H2. The van der Waals surface area contributed by atoms with Crippen LogP contribution in [0.15, 0.2) is 60.8 Å². The van der Waals surface area contributed by atoms with Gasteiger partial charge in [0.2, 0.25) is 0 Å². The Morgan fingerprint density at radius 1 is 1.05 bits per heavy atom. The van der Waals surface area contributed by atoms with E-state index in [-0.39, 0.29) is 6.04 Å². The van der Waals surface area contributed by atoms with Crippen LogP contribution in [0, 0.1) is 0 Å². The maximum Gasteiger partial charge on any atom is 0.0923 e. The maximum atomic E-state index is 10.3. The van der Waals surface area contributed by atoms with Gasteiger partial charge in [-0.05, 0) is 18.1 Å². The summed E-state index contributed by atoms with van der Waals surface area (Å²) in [5.41, 5.74) is 8.17. The van der Waals surface area contributed by atoms with Crippen molar-refractivity contribution in [1.82, 2.24) is 9.78 Å². The van der Waals surface area contributed by atoms with Crippen molar-refractivity contribution in [2.75, 3.05) is 0 Å². The highest BCUT2D eigenvalue weighted by atomic mass is 16.3. The third-order valence-electron chi connectivity index (χ3n) is 3.64. The van der Waals surface area contributed by atoms with Crippen LogP contribution < -0.4 is 5.73 Å². The monoisotopic (exact) mass is 281 g/mol. The van der Waals surface area contributed by atoms with Gasteiger partial charge in [-0.3, -0.25) is 4.68 Å². The fraction of sp³-hybridized carbons (Fsp3) is 0.235. The Kier molecular flexibility index (Phi) is 3.99. The molecular formula is C17H19N3O. The van der Waals surface area contributed by atoms with Gasteiger partial charge in [0.05, 0.1) is 18.2 Å². The second-order valence-electron chi connectivity index (χ2n) is 5.33. The predicted molar refractivity (Wildman–Crippen MR) is 83.9 cm³/mol. The Morgan fingerprint density at radius 3 is 2.52 bits per heavy atom. The van der Waals surface area contributed by atoms with Crippen LogP contribution >= 0.6 is 0 Å². The first-order valence-corrected chi connectivity index (χ1v) is 7.12. The van der Waals surface area contributed by atoms with Gasteiger partial charge in [-0.25, -0.2) is 0 Å². The minimum atomic E-state index is -0.625. The zero-order valence-electron chi connectivity index (χ0n) is 11.8. The second-order valence-corrected chi connectivity index (χ2v) is 5.33. The summed E-state index contributed by atoms with van der Waals surface area (Å²) in [4.78, 5) is 0. The van der Waals surface area contributed by atoms with Crippen LogP contribution in [-0.4, -0.2) is 27.0 Å². The van der Waals surface area contributed by atoms with Crippen LogP contribution in [-0.2, 0) is 13.0 Å². The Balaban J connectivity index is 1.66. The summed E-state index contributed by atoms with van der Waals surface area (Å²) in [7, 11) is 0. The van der Waals surface area contributed by atoms with E-state index in [1.165, 1.54) is 0 Å². The summed E-state index contributed by atoms with van der Waals surface area (Å²) in [6, 6.07) is 17.6. The summed E-state index contributed by atoms with van der Waals surface area (Å²) in [6.45, 7) is 0.405. The average Bonchev–Trinajstić information content (AvgIpc) is 2.90. The summed E-state index contributed by atoms with van der Waals surface area (Å²) < 4.78 is 1.76. The normalized spacial score (nSPS) is 14.2. The van der Waals surface area contributed by atoms with E-state index in [2.05, 4.69) is 5.10 Å². The van der Waals surface area contributed by atoms with Crippen molar-refractivity contribution in [3.8, 4) is 0 Å². The van der Waals surface area contributed by atoms with Crippen LogP contribution in [0.3, 0.4) is 0 Å². The summed E-state index contributed by atoms with van der Waals surface area (Å²) in [5, 5.41) is 15.8. The molecule has 0 aliphatic rings. The van der Waals surface area contributed by atoms with Crippen molar-refractivity contribution in [3.05, 3.63) is 66.4 Å². The summed E-state index contributed by atoms with van der Waals surface area (Å²) >= 11 is 0. The van der Waals surface area contributed by atoms with Crippen LogP contribution in [0.25, 0.3) is 10.9 Å². The molecule has 0 radical (unpaired) electrons. The lowest BCUT2D eigenvalue weighted by Gasteiger charge is -2.18. The average molecular weight is 281 g/mol. The molecule has 1 aromatic heterocycles. The Hall–Kier alpha value is -2.17. The molecule has 0 amide bonds. The number of hydrogen-bond donors (Lipinski definition) is 2. The van der Waals surface area contributed by atoms with E-state index in [0.29, 0.717) is 13.0 Å². The van der Waals surface area contributed by atoms with Crippen LogP contribution in [0.5, 0.6) is 0 Å². The van der Waals surface area contributed by atoms with E-state index >= 15 is 0 Å². The van der Waals surface area contributed by atoms with Gasteiger partial charge in [-0.2, -0.15) is 5.10 Å². The Labute approximate surface area is 123 Å². The number of aliphatic hydroxyl groups excluding tert-OH is 1. The van der Waals surface area contributed by atoms with Gasteiger partial charge < -0.3 is 10.8 Å². The molecule has 0 aliphatic heterocycles. The van der Waals surface area contributed by atoms with Gasteiger partial charge >= 0.3 is 0 Å². The lowest BCUT2D eigenvalue weighted by molar-refractivity contribution is 0.121. The highest BCUT2D eigenvalue weighted by Gasteiger charge is 2.16. The van der Waals surface area contributed by atoms with Gasteiger partial charge in [0.15, 0.2) is 0 Å². The zero-order chi connectivity index (χ0) is 14.7. The number of rotatable bonds is 5. The first kappa shape index (κ1) is 13.8. The van der Waals surface area contributed by atoms with E-state index in [1.54, 1.807) is 4.68 Å². The number of nitrogens with zero attached hydrogens (tertiary/aromatic N) is 2.